The number of para-hydroxylation sites is 1. The van der Waals surface area contributed by atoms with Crippen LogP contribution in [-0.4, -0.2) is 44.0 Å². The number of carbonyl (C=O) groups is 1. The maximum Gasteiger partial charge on any atom is 0.228 e. The van der Waals surface area contributed by atoms with Crippen molar-refractivity contribution in [2.24, 2.45) is 0 Å². The Balaban J connectivity index is 2.76. The monoisotopic (exact) mass is 312 g/mol. The van der Waals surface area contributed by atoms with Gasteiger partial charge in [0.1, 0.15) is 0 Å². The van der Waals surface area contributed by atoms with Crippen molar-refractivity contribution in [2.75, 3.05) is 24.2 Å². The number of amides is 1. The predicted molar refractivity (Wildman–Crippen MR) is 85.8 cm³/mol. The molecule has 6 heteroatoms. The molecule has 1 rings (SSSR count). The predicted octanol–water partition coefficient (Wildman–Crippen LogP) is 2.10. The zero-order valence-corrected chi connectivity index (χ0v) is 13.9. The maximum absolute atomic E-state index is 12.3. The summed E-state index contributed by atoms with van der Waals surface area (Å²) < 4.78 is 24.7. The van der Waals surface area contributed by atoms with E-state index in [1.807, 2.05) is 37.3 Å². The third kappa shape index (κ3) is 5.13. The molecule has 1 aromatic carbocycles. The van der Waals surface area contributed by atoms with Crippen LogP contribution in [0.1, 0.15) is 27.2 Å². The molecular weight excluding hydrogens is 288 g/mol. The summed E-state index contributed by atoms with van der Waals surface area (Å²) in [7, 11) is -3.29. The first-order valence-electron chi connectivity index (χ1n) is 7.09. The molecule has 0 bridgehead atoms. The molecule has 0 heterocycles. The molecule has 118 valence electrons. The molecule has 0 N–H and O–H groups in total. The van der Waals surface area contributed by atoms with Gasteiger partial charge in [0, 0.05) is 31.2 Å². The molecule has 0 aromatic heterocycles. The first kappa shape index (κ1) is 17.7. The Hall–Kier alpha value is -1.40. The van der Waals surface area contributed by atoms with Crippen molar-refractivity contribution < 1.29 is 13.2 Å². The minimum atomic E-state index is -3.29. The Labute approximate surface area is 127 Å². The second-order valence-electron chi connectivity index (χ2n) is 5.19. The van der Waals surface area contributed by atoms with Crippen LogP contribution in [0.4, 0.5) is 5.69 Å². The summed E-state index contributed by atoms with van der Waals surface area (Å²) in [6.45, 7) is 6.28. The van der Waals surface area contributed by atoms with Gasteiger partial charge < -0.3 is 4.90 Å². The Kier molecular flexibility index (Phi) is 6.36. The van der Waals surface area contributed by atoms with E-state index in [9.17, 15) is 13.2 Å². The maximum atomic E-state index is 12.3. The van der Waals surface area contributed by atoms with Crippen LogP contribution in [0.5, 0.6) is 0 Å². The molecule has 0 unspecified atom stereocenters. The molecule has 5 nitrogen and oxygen atoms in total. The SMILES string of the molecule is CCN(C(=O)CCN(C(C)C)S(C)(=O)=O)c1ccccc1. The number of nitrogens with zero attached hydrogens (tertiary/aromatic N) is 2. The first-order chi connectivity index (χ1) is 9.77. The molecule has 0 aliphatic rings. The quantitative estimate of drug-likeness (QED) is 0.775. The van der Waals surface area contributed by atoms with Crippen LogP contribution in [0, 0.1) is 0 Å². The lowest BCUT2D eigenvalue weighted by atomic mass is 10.2. The molecule has 0 radical (unpaired) electrons. The summed E-state index contributed by atoms with van der Waals surface area (Å²) in [4.78, 5) is 14.0. The fraction of sp³-hybridized carbons (Fsp3) is 0.533. The van der Waals surface area contributed by atoms with Crippen molar-refractivity contribution in [2.45, 2.75) is 33.2 Å². The van der Waals surface area contributed by atoms with E-state index in [1.54, 1.807) is 18.7 Å². The van der Waals surface area contributed by atoms with Gasteiger partial charge in [0.2, 0.25) is 15.9 Å². The zero-order chi connectivity index (χ0) is 16.0. The van der Waals surface area contributed by atoms with Crippen LogP contribution in [-0.2, 0) is 14.8 Å². The van der Waals surface area contributed by atoms with Gasteiger partial charge in [0.25, 0.3) is 0 Å². The van der Waals surface area contributed by atoms with E-state index >= 15 is 0 Å². The van der Waals surface area contributed by atoms with Gasteiger partial charge in [-0.2, -0.15) is 4.31 Å². The van der Waals surface area contributed by atoms with E-state index in [-0.39, 0.29) is 24.9 Å². The third-order valence-electron chi connectivity index (χ3n) is 3.23. The molecule has 0 saturated heterocycles. The van der Waals surface area contributed by atoms with E-state index in [0.29, 0.717) is 6.54 Å². The number of hydrogen-bond donors (Lipinski definition) is 0. The number of benzene rings is 1. The van der Waals surface area contributed by atoms with Crippen molar-refractivity contribution >= 4 is 21.6 Å². The highest BCUT2D eigenvalue weighted by atomic mass is 32.2. The highest BCUT2D eigenvalue weighted by Crippen LogP contribution is 2.15. The summed E-state index contributed by atoms with van der Waals surface area (Å²) in [5.41, 5.74) is 0.834. The Bertz CT molecular complexity index is 556. The standard InChI is InChI=1S/C15H24N2O3S/c1-5-16(14-9-7-6-8-10-14)15(18)11-12-17(13(2)3)21(4,19)20/h6-10,13H,5,11-12H2,1-4H3. The third-order valence-corrected chi connectivity index (χ3v) is 4.69. The highest BCUT2D eigenvalue weighted by molar-refractivity contribution is 7.88. The Morgan fingerprint density at radius 1 is 1.19 bits per heavy atom. The molecule has 21 heavy (non-hydrogen) atoms. The Morgan fingerprint density at radius 2 is 1.76 bits per heavy atom. The molecule has 0 atom stereocenters. The van der Waals surface area contributed by atoms with Gasteiger partial charge in [-0.25, -0.2) is 8.42 Å². The molecule has 0 spiro atoms. The lowest BCUT2D eigenvalue weighted by molar-refractivity contribution is -0.118. The topological polar surface area (TPSA) is 57.7 Å². The van der Waals surface area contributed by atoms with E-state index in [0.717, 1.165) is 5.69 Å². The van der Waals surface area contributed by atoms with Crippen LogP contribution < -0.4 is 4.90 Å². The molecule has 1 aromatic rings. The van der Waals surface area contributed by atoms with Crippen LogP contribution in [0.15, 0.2) is 30.3 Å². The molecule has 1 amide bonds. The second kappa shape index (κ2) is 7.56. The van der Waals surface area contributed by atoms with Crippen molar-refractivity contribution in [3.05, 3.63) is 30.3 Å². The molecule has 0 aliphatic carbocycles. The van der Waals surface area contributed by atoms with Gasteiger partial charge in [-0.05, 0) is 32.9 Å². The molecular formula is C15H24N2O3S. The molecule has 0 saturated carbocycles. The van der Waals surface area contributed by atoms with Gasteiger partial charge >= 0.3 is 0 Å². The van der Waals surface area contributed by atoms with Crippen LogP contribution >= 0.6 is 0 Å². The van der Waals surface area contributed by atoms with Crippen molar-refractivity contribution in [3.8, 4) is 0 Å². The second-order valence-corrected chi connectivity index (χ2v) is 7.13. The van der Waals surface area contributed by atoms with E-state index in [2.05, 4.69) is 0 Å². The average Bonchev–Trinajstić information content (AvgIpc) is 2.39. The van der Waals surface area contributed by atoms with Crippen molar-refractivity contribution in [3.63, 3.8) is 0 Å². The number of anilines is 1. The largest absolute Gasteiger partial charge is 0.313 e. The minimum absolute atomic E-state index is 0.0713. The smallest absolute Gasteiger partial charge is 0.228 e. The summed E-state index contributed by atoms with van der Waals surface area (Å²) in [5, 5.41) is 0. The van der Waals surface area contributed by atoms with Gasteiger partial charge in [0.15, 0.2) is 0 Å². The van der Waals surface area contributed by atoms with Crippen LogP contribution in [0.25, 0.3) is 0 Å². The number of rotatable bonds is 7. The highest BCUT2D eigenvalue weighted by Gasteiger charge is 2.22. The molecule has 0 aliphatic heterocycles. The van der Waals surface area contributed by atoms with Crippen LogP contribution in [0.3, 0.4) is 0 Å². The number of hydrogen-bond acceptors (Lipinski definition) is 3. The minimum Gasteiger partial charge on any atom is -0.313 e. The average molecular weight is 312 g/mol. The van der Waals surface area contributed by atoms with Gasteiger partial charge in [-0.1, -0.05) is 18.2 Å². The summed E-state index contributed by atoms with van der Waals surface area (Å²) in [6, 6.07) is 9.24. The van der Waals surface area contributed by atoms with Crippen molar-refractivity contribution in [1.29, 1.82) is 0 Å². The van der Waals surface area contributed by atoms with E-state index < -0.39 is 10.0 Å². The molecule has 0 fully saturated rings. The van der Waals surface area contributed by atoms with Gasteiger partial charge in [-0.15, -0.1) is 0 Å². The Morgan fingerprint density at radius 3 is 2.19 bits per heavy atom. The van der Waals surface area contributed by atoms with Gasteiger partial charge in [-0.3, -0.25) is 4.79 Å². The summed E-state index contributed by atoms with van der Waals surface area (Å²) in [6.07, 6.45) is 1.35. The lowest BCUT2D eigenvalue weighted by Crippen LogP contribution is -2.40. The number of sulfonamides is 1. The summed E-state index contributed by atoms with van der Waals surface area (Å²) in [5.74, 6) is -0.0713. The lowest BCUT2D eigenvalue weighted by Gasteiger charge is -2.26. The fourth-order valence-corrected chi connectivity index (χ4v) is 3.45. The van der Waals surface area contributed by atoms with E-state index in [4.69, 9.17) is 0 Å². The fourth-order valence-electron chi connectivity index (χ4n) is 2.26. The van der Waals surface area contributed by atoms with Gasteiger partial charge in [0.05, 0.1) is 6.26 Å². The van der Waals surface area contributed by atoms with E-state index in [1.165, 1.54) is 10.6 Å². The van der Waals surface area contributed by atoms with Crippen LogP contribution in [0.2, 0.25) is 0 Å². The normalized spacial score (nSPS) is 11.9. The zero-order valence-electron chi connectivity index (χ0n) is 13.1. The number of carbonyl (C=O) groups excluding carboxylic acids is 1. The van der Waals surface area contributed by atoms with Crippen molar-refractivity contribution in [1.82, 2.24) is 4.31 Å². The summed E-state index contributed by atoms with van der Waals surface area (Å²) >= 11 is 0. The first-order valence-corrected chi connectivity index (χ1v) is 8.94.